The molecule has 0 saturated heterocycles. The topological polar surface area (TPSA) is 39.2 Å². The van der Waals surface area contributed by atoms with Gasteiger partial charge >= 0.3 is 5.97 Å². The smallest absolute Gasteiger partial charge is 0.308 e. The summed E-state index contributed by atoms with van der Waals surface area (Å²) in [5.74, 6) is 0.108. The summed E-state index contributed by atoms with van der Waals surface area (Å²) in [4.78, 5) is 15.7. The predicted molar refractivity (Wildman–Crippen MR) is 83.5 cm³/mol. The van der Waals surface area contributed by atoms with E-state index in [1.807, 2.05) is 30.3 Å². The Labute approximate surface area is 127 Å². The van der Waals surface area contributed by atoms with Crippen LogP contribution in [0.1, 0.15) is 6.92 Å². The molecule has 3 nitrogen and oxygen atoms in total. The van der Waals surface area contributed by atoms with Crippen molar-refractivity contribution in [1.29, 1.82) is 0 Å². The lowest BCUT2D eigenvalue weighted by Crippen LogP contribution is -2.02. The molecular weight excluding hydrogens is 286 g/mol. The first-order valence-corrected chi connectivity index (χ1v) is 6.85. The third kappa shape index (κ3) is 2.73. The van der Waals surface area contributed by atoms with Gasteiger partial charge in [-0.15, -0.1) is 0 Å². The molecule has 0 radical (unpaired) electrons. The maximum Gasteiger partial charge on any atom is 0.308 e. The predicted octanol–water partition coefficient (Wildman–Crippen LogP) is 4.48. The van der Waals surface area contributed by atoms with Crippen molar-refractivity contribution in [2.45, 2.75) is 6.92 Å². The number of ether oxygens (including phenoxy) is 1. The highest BCUT2D eigenvalue weighted by atomic mass is 35.5. The molecule has 3 aromatic rings. The van der Waals surface area contributed by atoms with Crippen molar-refractivity contribution in [1.82, 2.24) is 4.98 Å². The molecule has 0 fully saturated rings. The number of carbonyl (C=O) groups excluding carboxylic acids is 1. The van der Waals surface area contributed by atoms with Gasteiger partial charge in [0, 0.05) is 34.7 Å². The summed E-state index contributed by atoms with van der Waals surface area (Å²) >= 11 is 6.09. The van der Waals surface area contributed by atoms with E-state index in [1.165, 1.54) is 6.92 Å². The SMILES string of the molecule is CC(=O)Oc1ccc(Cl)cc1-c1cccc2cccnc12. The van der Waals surface area contributed by atoms with E-state index in [9.17, 15) is 4.79 Å². The van der Waals surface area contributed by atoms with E-state index in [1.54, 1.807) is 24.4 Å². The van der Waals surface area contributed by atoms with Crippen LogP contribution < -0.4 is 4.74 Å². The third-order valence-electron chi connectivity index (χ3n) is 3.12. The number of aromatic nitrogens is 1. The number of benzene rings is 2. The van der Waals surface area contributed by atoms with Crippen LogP contribution in [-0.4, -0.2) is 11.0 Å². The molecule has 0 atom stereocenters. The molecule has 0 aliphatic carbocycles. The zero-order chi connectivity index (χ0) is 14.8. The molecule has 0 aliphatic rings. The first-order valence-electron chi connectivity index (χ1n) is 6.47. The first-order chi connectivity index (χ1) is 10.1. The largest absolute Gasteiger partial charge is 0.426 e. The van der Waals surface area contributed by atoms with Crippen molar-refractivity contribution >= 4 is 28.5 Å². The number of para-hydroxylation sites is 1. The number of fused-ring (bicyclic) bond motifs is 1. The molecule has 0 bridgehead atoms. The van der Waals surface area contributed by atoms with E-state index in [0.717, 1.165) is 22.0 Å². The molecular formula is C17H12ClNO2. The lowest BCUT2D eigenvalue weighted by atomic mass is 10.0. The van der Waals surface area contributed by atoms with Gasteiger partial charge in [0.2, 0.25) is 0 Å². The van der Waals surface area contributed by atoms with Crippen LogP contribution in [-0.2, 0) is 4.79 Å². The maximum absolute atomic E-state index is 11.3. The highest BCUT2D eigenvalue weighted by molar-refractivity contribution is 6.31. The standard InChI is InChI=1S/C17H12ClNO2/c1-11(20)21-16-8-7-13(18)10-15(16)14-6-2-4-12-5-3-9-19-17(12)14/h2-10H,1H3. The molecule has 3 rings (SSSR count). The Morgan fingerprint density at radius 2 is 1.90 bits per heavy atom. The van der Waals surface area contributed by atoms with Gasteiger partial charge in [0.05, 0.1) is 5.52 Å². The van der Waals surface area contributed by atoms with Gasteiger partial charge in [0.15, 0.2) is 0 Å². The maximum atomic E-state index is 11.3. The van der Waals surface area contributed by atoms with Gasteiger partial charge in [-0.1, -0.05) is 35.9 Å². The van der Waals surface area contributed by atoms with Gasteiger partial charge in [0.1, 0.15) is 5.75 Å². The zero-order valence-corrected chi connectivity index (χ0v) is 12.1. The fraction of sp³-hybridized carbons (Fsp3) is 0.0588. The number of rotatable bonds is 2. The average Bonchev–Trinajstić information content (AvgIpc) is 2.48. The van der Waals surface area contributed by atoms with Crippen LogP contribution in [0.2, 0.25) is 5.02 Å². The Balaban J connectivity index is 2.27. The Kier molecular flexibility index (Phi) is 3.59. The molecule has 0 unspecified atom stereocenters. The lowest BCUT2D eigenvalue weighted by molar-refractivity contribution is -0.131. The molecule has 21 heavy (non-hydrogen) atoms. The van der Waals surface area contributed by atoms with Crippen LogP contribution >= 0.6 is 11.6 Å². The fourth-order valence-corrected chi connectivity index (χ4v) is 2.45. The van der Waals surface area contributed by atoms with Crippen molar-refractivity contribution in [3.8, 4) is 16.9 Å². The van der Waals surface area contributed by atoms with Crippen LogP contribution in [0.4, 0.5) is 0 Å². The molecule has 104 valence electrons. The summed E-state index contributed by atoms with van der Waals surface area (Å²) in [7, 11) is 0. The van der Waals surface area contributed by atoms with Crippen LogP contribution in [0.15, 0.2) is 54.7 Å². The fourth-order valence-electron chi connectivity index (χ4n) is 2.28. The van der Waals surface area contributed by atoms with Gasteiger partial charge < -0.3 is 4.74 Å². The molecule has 4 heteroatoms. The summed E-state index contributed by atoms with van der Waals surface area (Å²) in [5, 5.41) is 1.59. The number of hydrogen-bond acceptors (Lipinski definition) is 3. The van der Waals surface area contributed by atoms with Crippen LogP contribution in [0, 0.1) is 0 Å². The molecule has 1 aromatic heterocycles. The number of halogens is 1. The summed E-state index contributed by atoms with van der Waals surface area (Å²) in [6.45, 7) is 1.37. The molecule has 0 amide bonds. The number of hydrogen-bond donors (Lipinski definition) is 0. The molecule has 0 saturated carbocycles. The highest BCUT2D eigenvalue weighted by Crippen LogP contribution is 2.36. The van der Waals surface area contributed by atoms with Crippen molar-refractivity contribution in [3.63, 3.8) is 0 Å². The van der Waals surface area contributed by atoms with Gasteiger partial charge in [-0.25, -0.2) is 0 Å². The summed E-state index contributed by atoms with van der Waals surface area (Å²) in [6, 6.07) is 14.9. The van der Waals surface area contributed by atoms with Crippen molar-refractivity contribution in [3.05, 3.63) is 59.8 Å². The van der Waals surface area contributed by atoms with Gasteiger partial charge in [-0.3, -0.25) is 9.78 Å². The summed E-state index contributed by atoms with van der Waals surface area (Å²) in [6.07, 6.45) is 1.74. The van der Waals surface area contributed by atoms with E-state index in [0.29, 0.717) is 10.8 Å². The molecule has 2 aromatic carbocycles. The third-order valence-corrected chi connectivity index (χ3v) is 3.35. The molecule has 1 heterocycles. The number of carbonyl (C=O) groups is 1. The Morgan fingerprint density at radius 1 is 1.10 bits per heavy atom. The van der Waals surface area contributed by atoms with Gasteiger partial charge in [-0.2, -0.15) is 0 Å². The molecule has 0 aliphatic heterocycles. The summed E-state index contributed by atoms with van der Waals surface area (Å²) in [5.41, 5.74) is 2.48. The monoisotopic (exact) mass is 297 g/mol. The second-order valence-electron chi connectivity index (χ2n) is 4.61. The summed E-state index contributed by atoms with van der Waals surface area (Å²) < 4.78 is 5.28. The Bertz CT molecular complexity index is 825. The van der Waals surface area contributed by atoms with E-state index in [4.69, 9.17) is 16.3 Å². The van der Waals surface area contributed by atoms with Crippen LogP contribution in [0.25, 0.3) is 22.0 Å². The number of nitrogens with zero attached hydrogens (tertiary/aromatic N) is 1. The lowest BCUT2D eigenvalue weighted by Gasteiger charge is -2.11. The minimum absolute atomic E-state index is 0.369. The van der Waals surface area contributed by atoms with Gasteiger partial charge in [-0.05, 0) is 24.3 Å². The van der Waals surface area contributed by atoms with Crippen molar-refractivity contribution in [2.24, 2.45) is 0 Å². The van der Waals surface area contributed by atoms with E-state index in [2.05, 4.69) is 4.98 Å². The van der Waals surface area contributed by atoms with Crippen LogP contribution in [0.3, 0.4) is 0 Å². The number of esters is 1. The van der Waals surface area contributed by atoms with E-state index in [-0.39, 0.29) is 5.97 Å². The first kappa shape index (κ1) is 13.6. The minimum atomic E-state index is -0.369. The van der Waals surface area contributed by atoms with Crippen molar-refractivity contribution in [2.75, 3.05) is 0 Å². The second-order valence-corrected chi connectivity index (χ2v) is 5.05. The normalized spacial score (nSPS) is 10.6. The van der Waals surface area contributed by atoms with Crippen molar-refractivity contribution < 1.29 is 9.53 Å². The molecule has 0 spiro atoms. The minimum Gasteiger partial charge on any atom is -0.426 e. The number of pyridine rings is 1. The molecule has 0 N–H and O–H groups in total. The van der Waals surface area contributed by atoms with Gasteiger partial charge in [0.25, 0.3) is 0 Å². The quantitative estimate of drug-likeness (QED) is 0.517. The average molecular weight is 298 g/mol. The second kappa shape index (κ2) is 5.54. The Hall–Kier alpha value is -2.39. The van der Waals surface area contributed by atoms with Crippen LogP contribution in [0.5, 0.6) is 5.75 Å². The van der Waals surface area contributed by atoms with E-state index < -0.39 is 0 Å². The van der Waals surface area contributed by atoms with E-state index >= 15 is 0 Å². The Morgan fingerprint density at radius 3 is 2.71 bits per heavy atom. The highest BCUT2D eigenvalue weighted by Gasteiger charge is 2.12. The zero-order valence-electron chi connectivity index (χ0n) is 11.3.